The molecule has 72 heavy (non-hydrogen) atoms. The van der Waals surface area contributed by atoms with E-state index in [0.717, 1.165) is 87.4 Å². The predicted molar refractivity (Wildman–Crippen MR) is 264 cm³/mol. The summed E-state index contributed by atoms with van der Waals surface area (Å²) in [6.45, 7) is 15.6. The van der Waals surface area contributed by atoms with Crippen molar-refractivity contribution in [1.29, 1.82) is 0 Å². The third-order valence-electron chi connectivity index (χ3n) is 12.4. The normalized spacial score (nSPS) is 15.4. The molecule has 0 spiro atoms. The second kappa shape index (κ2) is 27.5. The Bertz CT molecular complexity index is 2800. The van der Waals surface area contributed by atoms with Gasteiger partial charge in [-0.15, -0.1) is 11.1 Å². The number of nitrogens with one attached hydrogen (secondary N) is 2. The predicted octanol–water partition coefficient (Wildman–Crippen LogP) is 7.42. The third kappa shape index (κ3) is 14.5. The minimum atomic E-state index is -1.01. The van der Waals surface area contributed by atoms with E-state index in [1.165, 1.54) is 5.56 Å². The number of carbonyl (C=O) groups is 4. The van der Waals surface area contributed by atoms with Crippen LogP contribution in [0.25, 0.3) is 33.9 Å². The van der Waals surface area contributed by atoms with Crippen molar-refractivity contribution in [2.75, 3.05) is 46.1 Å². The molecule has 2 aromatic heterocycles. The van der Waals surface area contributed by atoms with E-state index >= 15 is 0 Å². The second-order valence-corrected chi connectivity index (χ2v) is 17.7. The summed E-state index contributed by atoms with van der Waals surface area (Å²) in [5.74, 6) is -1.95. The number of rotatable bonds is 17. The summed E-state index contributed by atoms with van der Waals surface area (Å²) in [5, 5.41) is 22.1. The number of hydrazine groups is 2. The molecule has 8 rings (SSSR count). The molecule has 0 aliphatic carbocycles. The van der Waals surface area contributed by atoms with Gasteiger partial charge in [0.05, 0.1) is 54.7 Å². The van der Waals surface area contributed by atoms with E-state index in [-0.39, 0.29) is 115 Å². The van der Waals surface area contributed by atoms with Gasteiger partial charge in [-0.05, 0) is 97.4 Å². The molecule has 374 valence electrons. The zero-order valence-corrected chi connectivity index (χ0v) is 47.8. The van der Waals surface area contributed by atoms with Gasteiger partial charge in [0.1, 0.15) is 13.2 Å². The number of ether oxygens (including phenoxy) is 3. The number of aromatic nitrogens is 4. The molecule has 2 aliphatic rings. The van der Waals surface area contributed by atoms with Gasteiger partial charge in [-0.3, -0.25) is 20.4 Å². The molecule has 2 aliphatic heterocycles. The Morgan fingerprint density at radius 1 is 0.639 bits per heavy atom. The first-order chi connectivity index (χ1) is 33.7. The van der Waals surface area contributed by atoms with Gasteiger partial charge in [0.2, 0.25) is 0 Å². The Morgan fingerprint density at radius 3 is 1.44 bits per heavy atom. The van der Waals surface area contributed by atoms with E-state index < -0.39 is 5.97 Å². The molecule has 2 fully saturated rings. The average molecular weight is 1130 g/mol. The molecule has 2 radical (unpaired) electrons. The SMILES string of the molecule is CCOC(=O)COCC1CCCN1NC(=O)c1nn(-c2ccc(C)cc2C)c(-c2cc[c-]cc2)c1C.Cc1ccc(-n2nc(C(=O)NN3CCCC3COCC(=O)O)c(C)c2-c2cc[c-]cc2)c(C)c1.[Y].[Y]. The molecule has 16 nitrogen and oxygen atoms in total. The fourth-order valence-electron chi connectivity index (χ4n) is 9.07. The Hall–Kier alpha value is -4.77. The number of nitrogens with zero attached hydrogens (tertiary/aromatic N) is 6. The minimum absolute atomic E-state index is 0. The van der Waals surface area contributed by atoms with Gasteiger partial charge in [0, 0.05) is 89.6 Å². The molecular weight excluding hydrogens is 1070 g/mol. The number of benzene rings is 4. The number of carboxylic acid groups (broad SMARTS) is 1. The molecule has 3 N–H and O–H groups in total. The van der Waals surface area contributed by atoms with Crippen LogP contribution in [-0.4, -0.2) is 117 Å². The molecule has 2 unspecified atom stereocenters. The molecule has 2 atom stereocenters. The zero-order chi connectivity index (χ0) is 49.9. The van der Waals surface area contributed by atoms with Gasteiger partial charge in [-0.2, -0.15) is 70.9 Å². The van der Waals surface area contributed by atoms with Crippen LogP contribution >= 0.6 is 0 Å². The van der Waals surface area contributed by atoms with Crippen LogP contribution in [0.5, 0.6) is 0 Å². The van der Waals surface area contributed by atoms with Crippen LogP contribution in [0.1, 0.15) is 87.0 Å². The first-order valence-corrected chi connectivity index (χ1v) is 23.7. The van der Waals surface area contributed by atoms with Crippen molar-refractivity contribution in [2.45, 2.75) is 86.2 Å². The fraction of sp³-hybridized carbons (Fsp3) is 0.370. The van der Waals surface area contributed by atoms with E-state index in [2.05, 4.69) is 42.0 Å². The number of carboxylic acids is 1. The van der Waals surface area contributed by atoms with Crippen LogP contribution in [0.3, 0.4) is 0 Å². The van der Waals surface area contributed by atoms with Crippen molar-refractivity contribution in [3.05, 3.63) is 142 Å². The van der Waals surface area contributed by atoms with Gasteiger partial charge in [-0.1, -0.05) is 35.4 Å². The summed E-state index contributed by atoms with van der Waals surface area (Å²) in [4.78, 5) is 49.1. The molecule has 18 heteroatoms. The Kier molecular flexibility index (Phi) is 22.2. The number of hydrogen-bond acceptors (Lipinski definition) is 11. The fourth-order valence-corrected chi connectivity index (χ4v) is 9.07. The maximum atomic E-state index is 13.5. The minimum Gasteiger partial charge on any atom is -0.480 e. The summed E-state index contributed by atoms with van der Waals surface area (Å²) in [6.07, 6.45) is 3.51. The topological polar surface area (TPSA) is 182 Å². The number of hydrogen-bond donors (Lipinski definition) is 3. The van der Waals surface area contributed by atoms with Crippen LogP contribution in [-0.2, 0) is 89.2 Å². The average Bonchev–Trinajstić information content (AvgIpc) is 4.13. The molecule has 2 amide bonds. The summed E-state index contributed by atoms with van der Waals surface area (Å²) in [5.41, 5.74) is 18.2. The summed E-state index contributed by atoms with van der Waals surface area (Å²) in [6, 6.07) is 33.6. The third-order valence-corrected chi connectivity index (χ3v) is 12.4. The first-order valence-electron chi connectivity index (χ1n) is 23.7. The van der Waals surface area contributed by atoms with Gasteiger partial charge in [0.15, 0.2) is 11.4 Å². The van der Waals surface area contributed by atoms with E-state index in [9.17, 15) is 19.2 Å². The Labute approximate surface area is 472 Å². The van der Waals surface area contributed by atoms with Crippen molar-refractivity contribution in [2.24, 2.45) is 0 Å². The first kappa shape index (κ1) is 58.1. The van der Waals surface area contributed by atoms with Crippen molar-refractivity contribution < 1.29 is 104 Å². The molecule has 6 aromatic rings. The van der Waals surface area contributed by atoms with Crippen molar-refractivity contribution in [3.63, 3.8) is 0 Å². The summed E-state index contributed by atoms with van der Waals surface area (Å²) >= 11 is 0. The molecule has 4 heterocycles. The van der Waals surface area contributed by atoms with Gasteiger partial charge < -0.3 is 19.3 Å². The number of amides is 2. The van der Waals surface area contributed by atoms with E-state index in [4.69, 9.17) is 29.5 Å². The van der Waals surface area contributed by atoms with E-state index in [1.807, 2.05) is 127 Å². The van der Waals surface area contributed by atoms with Gasteiger partial charge >= 0.3 is 11.9 Å². The largest absolute Gasteiger partial charge is 0.480 e. The smallest absolute Gasteiger partial charge is 0.332 e. The van der Waals surface area contributed by atoms with Crippen LogP contribution in [0.15, 0.2) is 84.9 Å². The molecular formula is C54H62N8O8Y2-2. The monoisotopic (exact) mass is 1130 g/mol. The van der Waals surface area contributed by atoms with Crippen LogP contribution < -0.4 is 10.9 Å². The van der Waals surface area contributed by atoms with Crippen molar-refractivity contribution in [1.82, 2.24) is 40.4 Å². The van der Waals surface area contributed by atoms with Crippen LogP contribution in [0.4, 0.5) is 0 Å². The quantitative estimate of drug-likeness (QED) is 0.0608. The molecule has 0 saturated carbocycles. The number of aryl methyl sites for hydroxylation is 4. The Balaban J connectivity index is 0.000000261. The van der Waals surface area contributed by atoms with Crippen molar-refractivity contribution in [3.8, 4) is 33.9 Å². The van der Waals surface area contributed by atoms with E-state index in [0.29, 0.717) is 37.7 Å². The van der Waals surface area contributed by atoms with Gasteiger partial charge in [0.25, 0.3) is 11.8 Å². The molecule has 2 saturated heterocycles. The van der Waals surface area contributed by atoms with Gasteiger partial charge in [-0.25, -0.2) is 29.0 Å². The molecule has 0 bridgehead atoms. The number of aliphatic carboxylic acids is 1. The Morgan fingerprint density at radius 2 is 1.06 bits per heavy atom. The van der Waals surface area contributed by atoms with Crippen LogP contribution in [0.2, 0.25) is 0 Å². The van der Waals surface area contributed by atoms with E-state index in [1.54, 1.807) is 6.92 Å². The van der Waals surface area contributed by atoms with Crippen LogP contribution in [0, 0.1) is 53.7 Å². The summed E-state index contributed by atoms with van der Waals surface area (Å²) in [7, 11) is 0. The number of carbonyl (C=O) groups excluding carboxylic acids is 3. The number of esters is 1. The van der Waals surface area contributed by atoms with Crippen molar-refractivity contribution >= 4 is 23.8 Å². The summed E-state index contributed by atoms with van der Waals surface area (Å²) < 4.78 is 19.4. The molecule has 4 aromatic carbocycles. The standard InChI is InChI=1S/C28H33N4O4.C26H29N4O4.2Y/c1-5-36-25(33)18-35-17-23-12-9-15-31(23)30-28(34)26-21(4)27(22-10-7-6-8-11-22)32(29-26)24-14-13-19(2)16-20(24)3;1-17-11-12-22(18(2)14-17)30-25(20-8-5-4-6-9-20)19(3)24(27-30)26(33)28-29-13-7-10-21(29)15-34-16-23(31)32;;/h7-8,10-11,13-14,16,23H,5,9,12,15,17-18H2,1-4H3,(H,30,34);5-6,8-9,11-12,14,21H,7,10,13,15-16H2,1-3H3,(H,28,33)(H,31,32);;/q2*-1;;. The maximum Gasteiger partial charge on any atom is 0.332 e. The second-order valence-electron chi connectivity index (χ2n) is 17.7. The maximum absolute atomic E-state index is 13.5. The zero-order valence-electron chi connectivity index (χ0n) is 42.2.